The van der Waals surface area contributed by atoms with E-state index in [2.05, 4.69) is 18.8 Å². The number of carbonyl (C=O) groups is 2. The van der Waals surface area contributed by atoms with Gasteiger partial charge in [-0.05, 0) is 62.0 Å². The zero-order valence-electron chi connectivity index (χ0n) is 18.5. The van der Waals surface area contributed by atoms with E-state index in [-0.39, 0.29) is 18.2 Å². The van der Waals surface area contributed by atoms with E-state index >= 15 is 0 Å². The number of hydrogen-bond donors (Lipinski definition) is 1. The summed E-state index contributed by atoms with van der Waals surface area (Å²) in [6.45, 7) is 8.88. The van der Waals surface area contributed by atoms with Gasteiger partial charge in [-0.2, -0.15) is 0 Å². The Balaban J connectivity index is 1.73. The molecule has 0 aromatic heterocycles. The maximum atomic E-state index is 13.2. The van der Waals surface area contributed by atoms with E-state index in [0.717, 1.165) is 29.8 Å². The average molecular weight is 452 g/mol. The molecule has 2 aromatic carbocycles. The molecule has 0 saturated carbocycles. The van der Waals surface area contributed by atoms with Gasteiger partial charge in [0.25, 0.3) is 5.91 Å². The quantitative estimate of drug-likeness (QED) is 0.258. The number of unbranched alkanes of at least 4 members (excludes halogenated alkanes) is 1. The second kappa shape index (κ2) is 10.9. The summed E-state index contributed by atoms with van der Waals surface area (Å²) in [5.41, 5.74) is 2.49. The van der Waals surface area contributed by atoms with Crippen molar-refractivity contribution in [3.63, 3.8) is 0 Å². The third-order valence-electron chi connectivity index (χ3n) is 5.25. The van der Waals surface area contributed by atoms with Crippen molar-refractivity contribution in [3.05, 3.63) is 66.7 Å². The van der Waals surface area contributed by atoms with Crippen molar-refractivity contribution in [3.8, 4) is 5.75 Å². The van der Waals surface area contributed by atoms with E-state index in [4.69, 9.17) is 17.0 Å². The lowest BCUT2D eigenvalue weighted by atomic mass is 10.2. The van der Waals surface area contributed by atoms with Crippen molar-refractivity contribution in [1.82, 2.24) is 4.90 Å². The first-order valence-electron chi connectivity index (χ1n) is 10.8. The Morgan fingerprint density at radius 1 is 1.22 bits per heavy atom. The molecule has 168 valence electrons. The van der Waals surface area contributed by atoms with E-state index in [1.165, 1.54) is 4.90 Å². The van der Waals surface area contributed by atoms with Crippen LogP contribution in [0.3, 0.4) is 0 Å². The molecular formula is C25H29N3O3S. The number of aryl methyl sites for hydroxylation is 1. The zero-order chi connectivity index (χ0) is 23.1. The molecule has 0 bridgehead atoms. The van der Waals surface area contributed by atoms with E-state index in [0.29, 0.717) is 24.0 Å². The van der Waals surface area contributed by atoms with Crippen LogP contribution < -0.4 is 15.0 Å². The summed E-state index contributed by atoms with van der Waals surface area (Å²) in [7, 11) is 0. The maximum absolute atomic E-state index is 13.2. The van der Waals surface area contributed by atoms with Crippen molar-refractivity contribution < 1.29 is 14.3 Å². The van der Waals surface area contributed by atoms with Crippen LogP contribution in [0.1, 0.15) is 31.7 Å². The molecule has 1 aliphatic rings. The first kappa shape index (κ1) is 23.5. The minimum atomic E-state index is -0.688. The monoisotopic (exact) mass is 451 g/mol. The fourth-order valence-corrected chi connectivity index (χ4v) is 3.80. The molecule has 1 aliphatic heterocycles. The van der Waals surface area contributed by atoms with E-state index in [1.807, 2.05) is 31.2 Å². The molecule has 2 aromatic rings. The highest BCUT2D eigenvalue weighted by Crippen LogP contribution is 2.28. The van der Waals surface area contributed by atoms with Gasteiger partial charge >= 0.3 is 0 Å². The molecule has 2 amide bonds. The molecular weight excluding hydrogens is 422 g/mol. The molecule has 3 rings (SSSR count). The third kappa shape index (κ3) is 5.53. The molecule has 6 nitrogen and oxygen atoms in total. The van der Waals surface area contributed by atoms with Gasteiger partial charge < -0.3 is 15.0 Å². The minimum absolute atomic E-state index is 0.0527. The van der Waals surface area contributed by atoms with Crippen molar-refractivity contribution in [1.29, 1.82) is 0 Å². The van der Waals surface area contributed by atoms with E-state index < -0.39 is 6.04 Å². The van der Waals surface area contributed by atoms with Crippen LogP contribution in [0.25, 0.3) is 0 Å². The fraction of sp³-hybridized carbons (Fsp3) is 0.320. The molecule has 0 radical (unpaired) electrons. The number of nitrogens with zero attached hydrogens (tertiary/aromatic N) is 2. The molecule has 7 heteroatoms. The van der Waals surface area contributed by atoms with Crippen molar-refractivity contribution in [2.75, 3.05) is 23.4 Å². The number of anilines is 2. The van der Waals surface area contributed by atoms with Crippen LogP contribution in [0.15, 0.2) is 61.2 Å². The van der Waals surface area contributed by atoms with Gasteiger partial charge in [0.2, 0.25) is 5.91 Å². The minimum Gasteiger partial charge on any atom is -0.494 e. The van der Waals surface area contributed by atoms with Gasteiger partial charge in [0.05, 0.1) is 18.7 Å². The largest absolute Gasteiger partial charge is 0.494 e. The number of imide groups is 1. The first-order chi connectivity index (χ1) is 15.4. The predicted molar refractivity (Wildman–Crippen MR) is 132 cm³/mol. The molecule has 0 unspecified atom stereocenters. The molecule has 32 heavy (non-hydrogen) atoms. The lowest BCUT2D eigenvalue weighted by molar-refractivity contribution is -0.122. The molecule has 1 saturated heterocycles. The fourth-order valence-electron chi connectivity index (χ4n) is 3.48. The predicted octanol–water partition coefficient (Wildman–Crippen LogP) is 4.69. The lowest BCUT2D eigenvalue weighted by Crippen LogP contribution is -2.47. The number of nitrogens with one attached hydrogen (secondary N) is 1. The lowest BCUT2D eigenvalue weighted by Gasteiger charge is -2.29. The Labute approximate surface area is 194 Å². The molecule has 1 N–H and O–H groups in total. The number of thiocarbonyl (C=S) groups is 1. The van der Waals surface area contributed by atoms with E-state index in [9.17, 15) is 9.59 Å². The van der Waals surface area contributed by atoms with Crippen LogP contribution in [0.5, 0.6) is 5.75 Å². The molecule has 0 aliphatic carbocycles. The van der Waals surface area contributed by atoms with Crippen LogP contribution in [0.4, 0.5) is 11.4 Å². The summed E-state index contributed by atoms with van der Waals surface area (Å²) < 4.78 is 5.67. The normalized spacial score (nSPS) is 15.6. The Bertz CT molecular complexity index is 973. The summed E-state index contributed by atoms with van der Waals surface area (Å²) in [4.78, 5) is 29.0. The average Bonchev–Trinajstić information content (AvgIpc) is 3.08. The smallest absolute Gasteiger partial charge is 0.257 e. The summed E-state index contributed by atoms with van der Waals surface area (Å²) in [6, 6.07) is 14.1. The van der Waals surface area contributed by atoms with Crippen molar-refractivity contribution in [2.45, 2.75) is 39.2 Å². The highest BCUT2D eigenvalue weighted by molar-refractivity contribution is 7.80. The molecule has 1 fully saturated rings. The van der Waals surface area contributed by atoms with Crippen molar-refractivity contribution >= 4 is 40.5 Å². The molecule has 1 heterocycles. The zero-order valence-corrected chi connectivity index (χ0v) is 19.4. The van der Waals surface area contributed by atoms with Crippen LogP contribution >= 0.6 is 12.2 Å². The number of amides is 2. The van der Waals surface area contributed by atoms with Crippen molar-refractivity contribution in [2.24, 2.45) is 0 Å². The number of benzene rings is 2. The van der Waals surface area contributed by atoms with Gasteiger partial charge in [-0.25, -0.2) is 4.90 Å². The highest BCUT2D eigenvalue weighted by Gasteiger charge is 2.43. The van der Waals surface area contributed by atoms with Gasteiger partial charge in [0.15, 0.2) is 5.11 Å². The molecule has 0 spiro atoms. The standard InChI is InChI=1S/C25H29N3O3S/c1-4-6-16-31-21-13-11-20(12-14-21)28-23(29)17-22(24(28)30)27(15-5-2)25(32)26-19-9-7-18(3)8-10-19/h5,7-14,22H,2,4,6,15-17H2,1,3H3,(H,26,32)/t22-/m0/s1. The van der Waals surface area contributed by atoms with Crippen LogP contribution in [-0.2, 0) is 9.59 Å². The van der Waals surface area contributed by atoms with Crippen LogP contribution in [0, 0.1) is 6.92 Å². The van der Waals surface area contributed by atoms with Gasteiger partial charge in [0.1, 0.15) is 11.8 Å². The topological polar surface area (TPSA) is 61.9 Å². The Kier molecular flexibility index (Phi) is 8.00. The Morgan fingerprint density at radius 2 is 1.91 bits per heavy atom. The summed E-state index contributed by atoms with van der Waals surface area (Å²) in [6.07, 6.45) is 3.75. The van der Waals surface area contributed by atoms with Gasteiger partial charge in [-0.15, -0.1) is 6.58 Å². The van der Waals surface area contributed by atoms with Crippen LogP contribution in [0.2, 0.25) is 0 Å². The summed E-state index contributed by atoms with van der Waals surface area (Å²) in [5, 5.41) is 3.54. The van der Waals surface area contributed by atoms with Gasteiger partial charge in [-0.3, -0.25) is 9.59 Å². The Morgan fingerprint density at radius 3 is 2.53 bits per heavy atom. The van der Waals surface area contributed by atoms with Crippen LogP contribution in [-0.4, -0.2) is 41.0 Å². The number of ether oxygens (including phenoxy) is 1. The second-order valence-corrected chi connectivity index (χ2v) is 8.11. The second-order valence-electron chi connectivity index (χ2n) is 7.72. The third-order valence-corrected chi connectivity index (χ3v) is 5.59. The first-order valence-corrected chi connectivity index (χ1v) is 11.2. The Hall–Kier alpha value is -3.19. The number of hydrogen-bond acceptors (Lipinski definition) is 4. The SMILES string of the molecule is C=CCN(C(=S)Nc1ccc(C)cc1)[C@H]1CC(=O)N(c2ccc(OCCCC)cc2)C1=O. The maximum Gasteiger partial charge on any atom is 0.257 e. The highest BCUT2D eigenvalue weighted by atomic mass is 32.1. The summed E-state index contributed by atoms with van der Waals surface area (Å²) >= 11 is 5.58. The van der Waals surface area contributed by atoms with Gasteiger partial charge in [0, 0.05) is 12.2 Å². The summed E-state index contributed by atoms with van der Waals surface area (Å²) in [5.74, 6) is 0.158. The number of rotatable bonds is 9. The van der Waals surface area contributed by atoms with Gasteiger partial charge in [-0.1, -0.05) is 37.1 Å². The molecule has 1 atom stereocenters. The number of carbonyl (C=O) groups excluding carboxylic acids is 2. The van der Waals surface area contributed by atoms with E-state index in [1.54, 1.807) is 35.2 Å².